The molecule has 6 heteroatoms. The molecule has 0 aliphatic carbocycles. The van der Waals surface area contributed by atoms with E-state index >= 15 is 0 Å². The normalized spacial score (nSPS) is 12.8. The maximum atomic E-state index is 12.8. The van der Waals surface area contributed by atoms with Crippen molar-refractivity contribution in [3.63, 3.8) is 0 Å². The Hall–Kier alpha value is -3.67. The Balaban J connectivity index is 4.44. The summed E-state index contributed by atoms with van der Waals surface area (Å²) >= 11 is 0. The standard InChI is InChI=1S/C60H100O6/c1-4-7-10-13-16-19-22-25-27-29-30-31-33-35-38-41-44-47-50-53-59(62)65-56-57(55-64-58(61)52-49-46-43-40-37-34-24-21-18-15-12-9-6-3)66-60(63)54-51-48-45-42-39-36-32-28-26-23-20-17-14-11-8-5-2/h8-9,11-12,15,17-18,20-21,24,26,28,34,36-37,39,57H,4-7,10,13-14,16,19,22-23,25,27,29-33,35,38,40-56H2,1-3H3/b11-8-,12-9-,18-15-,20-17-,24-21-,28-26-,37-34-,39-36-. The van der Waals surface area contributed by atoms with Gasteiger partial charge in [0.15, 0.2) is 6.10 Å². The lowest BCUT2D eigenvalue weighted by atomic mass is 10.0. The number of hydrogen-bond donors (Lipinski definition) is 0. The highest BCUT2D eigenvalue weighted by Crippen LogP contribution is 2.16. The highest BCUT2D eigenvalue weighted by Gasteiger charge is 2.19. The summed E-state index contributed by atoms with van der Waals surface area (Å²) in [5.41, 5.74) is 0. The largest absolute Gasteiger partial charge is 0.462 e. The number of unbranched alkanes of at least 4 members (excludes halogenated alkanes) is 24. The highest BCUT2D eigenvalue weighted by atomic mass is 16.6. The first kappa shape index (κ1) is 62.3. The fourth-order valence-electron chi connectivity index (χ4n) is 7.39. The first-order chi connectivity index (χ1) is 32.5. The van der Waals surface area contributed by atoms with Crippen molar-refractivity contribution in [1.82, 2.24) is 0 Å². The molecule has 376 valence electrons. The molecule has 1 atom stereocenters. The predicted octanol–water partition coefficient (Wildman–Crippen LogP) is 18.1. The van der Waals surface area contributed by atoms with Gasteiger partial charge >= 0.3 is 17.9 Å². The highest BCUT2D eigenvalue weighted by molar-refractivity contribution is 5.71. The average Bonchev–Trinajstić information content (AvgIpc) is 3.31. The van der Waals surface area contributed by atoms with Crippen LogP contribution >= 0.6 is 0 Å². The van der Waals surface area contributed by atoms with Crippen molar-refractivity contribution in [2.75, 3.05) is 13.2 Å². The molecule has 0 fully saturated rings. The molecule has 0 N–H and O–H groups in total. The van der Waals surface area contributed by atoms with Crippen molar-refractivity contribution >= 4 is 17.9 Å². The van der Waals surface area contributed by atoms with Crippen LogP contribution in [-0.2, 0) is 28.6 Å². The third kappa shape index (κ3) is 51.3. The Morgan fingerprint density at radius 3 is 1.11 bits per heavy atom. The Bertz CT molecular complexity index is 1330. The smallest absolute Gasteiger partial charge is 0.306 e. The fraction of sp³-hybridized carbons (Fsp3) is 0.683. The summed E-state index contributed by atoms with van der Waals surface area (Å²) in [7, 11) is 0. The molecule has 0 aliphatic rings. The van der Waals surface area contributed by atoms with E-state index in [9.17, 15) is 14.4 Å². The van der Waals surface area contributed by atoms with Crippen LogP contribution in [0.25, 0.3) is 0 Å². The molecular weight excluding hydrogens is 817 g/mol. The SMILES string of the molecule is CC\C=C/C=C\C=C/C=C\CCCCCC(=O)OCC(COC(=O)CCCCCCCCCCCCCCCCCCCCC)OC(=O)CCCCC/C=C\C/C=C\C/C=C\C/C=C\CC. The van der Waals surface area contributed by atoms with E-state index in [1.54, 1.807) is 0 Å². The first-order valence-electron chi connectivity index (χ1n) is 27.3. The Morgan fingerprint density at radius 2 is 0.667 bits per heavy atom. The van der Waals surface area contributed by atoms with E-state index in [0.29, 0.717) is 12.8 Å². The van der Waals surface area contributed by atoms with Gasteiger partial charge in [0, 0.05) is 19.3 Å². The molecule has 6 nitrogen and oxygen atoms in total. The maximum absolute atomic E-state index is 12.8. The van der Waals surface area contributed by atoms with Crippen molar-refractivity contribution in [1.29, 1.82) is 0 Å². The molecule has 0 rings (SSSR count). The third-order valence-corrected chi connectivity index (χ3v) is 11.4. The van der Waals surface area contributed by atoms with Gasteiger partial charge in [-0.2, -0.15) is 0 Å². The van der Waals surface area contributed by atoms with Crippen molar-refractivity contribution in [3.8, 4) is 0 Å². The van der Waals surface area contributed by atoms with Gasteiger partial charge in [-0.15, -0.1) is 0 Å². The first-order valence-corrected chi connectivity index (χ1v) is 27.3. The number of esters is 3. The predicted molar refractivity (Wildman–Crippen MR) is 284 cm³/mol. The van der Waals surface area contributed by atoms with E-state index in [1.165, 1.54) is 103 Å². The quantitative estimate of drug-likeness (QED) is 0.0199. The van der Waals surface area contributed by atoms with Gasteiger partial charge in [-0.1, -0.05) is 246 Å². The minimum Gasteiger partial charge on any atom is -0.462 e. The number of allylic oxidation sites excluding steroid dienone is 16. The second-order valence-corrected chi connectivity index (χ2v) is 17.8. The summed E-state index contributed by atoms with van der Waals surface area (Å²) < 4.78 is 16.8. The molecule has 0 bridgehead atoms. The van der Waals surface area contributed by atoms with Crippen LogP contribution in [-0.4, -0.2) is 37.2 Å². The fourth-order valence-corrected chi connectivity index (χ4v) is 7.39. The number of carbonyl (C=O) groups excluding carboxylic acids is 3. The molecule has 0 amide bonds. The summed E-state index contributed by atoms with van der Waals surface area (Å²) in [4.78, 5) is 38.0. The topological polar surface area (TPSA) is 78.9 Å². The molecule has 0 spiro atoms. The van der Waals surface area contributed by atoms with E-state index in [4.69, 9.17) is 14.2 Å². The summed E-state index contributed by atoms with van der Waals surface area (Å²) in [6.07, 6.45) is 71.2. The minimum absolute atomic E-state index is 0.102. The lowest BCUT2D eigenvalue weighted by Crippen LogP contribution is -2.30. The summed E-state index contributed by atoms with van der Waals surface area (Å²) in [6.45, 7) is 6.33. The Morgan fingerprint density at radius 1 is 0.333 bits per heavy atom. The summed E-state index contributed by atoms with van der Waals surface area (Å²) in [6, 6.07) is 0. The summed E-state index contributed by atoms with van der Waals surface area (Å²) in [5, 5.41) is 0. The number of ether oxygens (including phenoxy) is 3. The Labute approximate surface area is 407 Å². The molecule has 66 heavy (non-hydrogen) atoms. The van der Waals surface area contributed by atoms with Crippen LogP contribution in [0.4, 0.5) is 0 Å². The molecule has 0 aromatic carbocycles. The monoisotopic (exact) mass is 917 g/mol. The third-order valence-electron chi connectivity index (χ3n) is 11.4. The van der Waals surface area contributed by atoms with Gasteiger partial charge in [0.25, 0.3) is 0 Å². The van der Waals surface area contributed by atoms with Crippen molar-refractivity contribution in [3.05, 3.63) is 97.2 Å². The van der Waals surface area contributed by atoms with Crippen LogP contribution in [0.1, 0.15) is 245 Å². The average molecular weight is 917 g/mol. The molecule has 0 radical (unpaired) electrons. The van der Waals surface area contributed by atoms with Gasteiger partial charge < -0.3 is 14.2 Å². The zero-order valence-corrected chi connectivity index (χ0v) is 42.9. The lowest BCUT2D eigenvalue weighted by Gasteiger charge is -2.18. The number of rotatable bonds is 48. The van der Waals surface area contributed by atoms with Crippen molar-refractivity contribution < 1.29 is 28.6 Å². The van der Waals surface area contributed by atoms with Crippen LogP contribution in [0, 0.1) is 0 Å². The second kappa shape index (κ2) is 53.9. The van der Waals surface area contributed by atoms with Crippen LogP contribution in [0.15, 0.2) is 97.2 Å². The molecule has 0 aromatic heterocycles. The van der Waals surface area contributed by atoms with Gasteiger partial charge in [-0.25, -0.2) is 0 Å². The molecule has 0 aromatic rings. The van der Waals surface area contributed by atoms with E-state index < -0.39 is 6.10 Å². The van der Waals surface area contributed by atoms with Crippen molar-refractivity contribution in [2.45, 2.75) is 252 Å². The van der Waals surface area contributed by atoms with E-state index in [1.807, 2.05) is 36.5 Å². The minimum atomic E-state index is -0.810. The molecule has 0 aliphatic heterocycles. The zero-order chi connectivity index (χ0) is 47.9. The van der Waals surface area contributed by atoms with Gasteiger partial charge in [0.05, 0.1) is 0 Å². The van der Waals surface area contributed by atoms with Crippen LogP contribution < -0.4 is 0 Å². The van der Waals surface area contributed by atoms with E-state index in [0.717, 1.165) is 103 Å². The lowest BCUT2D eigenvalue weighted by molar-refractivity contribution is -0.167. The van der Waals surface area contributed by atoms with E-state index in [2.05, 4.69) is 81.5 Å². The van der Waals surface area contributed by atoms with Crippen molar-refractivity contribution in [2.24, 2.45) is 0 Å². The maximum Gasteiger partial charge on any atom is 0.306 e. The van der Waals surface area contributed by atoms with Crippen LogP contribution in [0.3, 0.4) is 0 Å². The van der Waals surface area contributed by atoms with Crippen LogP contribution in [0.5, 0.6) is 0 Å². The zero-order valence-electron chi connectivity index (χ0n) is 42.9. The Kier molecular flexibility index (Phi) is 50.9. The molecule has 0 saturated heterocycles. The number of hydrogen-bond acceptors (Lipinski definition) is 6. The molecule has 0 heterocycles. The van der Waals surface area contributed by atoms with Gasteiger partial charge in [-0.05, 0) is 77.0 Å². The molecule has 0 saturated carbocycles. The molecular formula is C60H100O6. The molecule has 1 unspecified atom stereocenters. The van der Waals surface area contributed by atoms with E-state index in [-0.39, 0.29) is 37.5 Å². The van der Waals surface area contributed by atoms with Gasteiger partial charge in [-0.3, -0.25) is 14.4 Å². The van der Waals surface area contributed by atoms with Gasteiger partial charge in [0.1, 0.15) is 13.2 Å². The second-order valence-electron chi connectivity index (χ2n) is 17.8. The summed E-state index contributed by atoms with van der Waals surface area (Å²) in [5.74, 6) is -0.973. The number of carbonyl (C=O) groups is 3. The van der Waals surface area contributed by atoms with Crippen LogP contribution in [0.2, 0.25) is 0 Å². The van der Waals surface area contributed by atoms with Gasteiger partial charge in [0.2, 0.25) is 0 Å².